The lowest BCUT2D eigenvalue weighted by Gasteiger charge is -2.30. The molecule has 0 aliphatic carbocycles. The van der Waals surface area contributed by atoms with Crippen molar-refractivity contribution in [2.75, 3.05) is 40.9 Å². The Morgan fingerprint density at radius 1 is 0.529 bits per heavy atom. The van der Waals surface area contributed by atoms with E-state index in [1.54, 1.807) is 0 Å². The normalized spacial score (nSPS) is 14.3. The smallest absolute Gasteiger partial charge is 0.306 e. The highest BCUT2D eigenvalue weighted by molar-refractivity contribution is 7.45. The number of phosphoric ester groups is 1. The highest BCUT2D eigenvalue weighted by Crippen LogP contribution is 2.38. The number of nitrogens with one attached hydrogen (secondary N) is 1. The van der Waals surface area contributed by atoms with Gasteiger partial charge in [0.2, 0.25) is 5.91 Å². The molecule has 0 rings (SSSR count). The van der Waals surface area contributed by atoms with Crippen LogP contribution in [-0.4, -0.2) is 69.4 Å². The van der Waals surface area contributed by atoms with Crippen LogP contribution in [0.4, 0.5) is 0 Å². The average molecular weight is 975 g/mol. The molecule has 0 radical (unpaired) electrons. The van der Waals surface area contributed by atoms with Gasteiger partial charge in [-0.05, 0) is 76.7 Å². The first-order chi connectivity index (χ1) is 32.9. The van der Waals surface area contributed by atoms with Crippen molar-refractivity contribution in [3.8, 4) is 0 Å². The number of nitrogens with zero attached hydrogens (tertiary/aromatic N) is 1. The lowest BCUT2D eigenvalue weighted by Crippen LogP contribution is -2.47. The van der Waals surface area contributed by atoms with E-state index < -0.39 is 26.6 Å². The number of quaternary nitrogens is 1. The summed E-state index contributed by atoms with van der Waals surface area (Å²) in [6, 6.07) is -0.900. The van der Waals surface area contributed by atoms with Crippen molar-refractivity contribution < 1.29 is 37.3 Å². The van der Waals surface area contributed by atoms with Gasteiger partial charge in [0.05, 0.1) is 33.8 Å². The van der Waals surface area contributed by atoms with E-state index >= 15 is 0 Å². The SMILES string of the molecule is CC/C=C/C=C/C=C/CCCCCCCCCC(=O)OC(/C=C/CCCCCCCCCCCCC)C(COP(=O)([O-])OCC[N+](C)(C)C)NC(=O)CCCCC/C=C\CCCCCCCCC. The lowest BCUT2D eigenvalue weighted by atomic mass is 10.0. The standard InChI is InChI=1S/C58H107N2O7P/c1-7-10-13-16-19-22-25-28-30-33-36-39-42-45-48-51-58(62)67-56(49-46-43-40-37-34-31-27-24-21-18-15-12-9-3)55(54-66-68(63,64)65-53-52-60(4,5)6)59-57(61)50-47-44-41-38-35-32-29-26-23-20-17-14-11-8-2/h10,13,16,19,22,25,32,35,46,49,55-56H,7-9,11-12,14-15,17-18,20-21,23-24,26-31,33-34,36-45,47-48,50-54H2,1-6H3,(H-,59,61,63,64)/b13-10+,19-16+,25-22+,35-32-,49-46+. The predicted molar refractivity (Wildman–Crippen MR) is 289 cm³/mol. The summed E-state index contributed by atoms with van der Waals surface area (Å²) in [5.41, 5.74) is 0. The maximum Gasteiger partial charge on any atom is 0.306 e. The van der Waals surface area contributed by atoms with Crippen molar-refractivity contribution in [3.63, 3.8) is 0 Å². The zero-order chi connectivity index (χ0) is 50.1. The fourth-order valence-corrected chi connectivity index (χ4v) is 8.59. The van der Waals surface area contributed by atoms with Crippen LogP contribution in [0.2, 0.25) is 0 Å². The van der Waals surface area contributed by atoms with E-state index in [4.69, 9.17) is 13.8 Å². The number of phosphoric acid groups is 1. The number of amides is 1. The summed E-state index contributed by atoms with van der Waals surface area (Å²) in [5, 5.41) is 3.01. The van der Waals surface area contributed by atoms with Gasteiger partial charge in [0, 0.05) is 12.8 Å². The Labute approximate surface area is 420 Å². The maximum atomic E-state index is 13.5. The van der Waals surface area contributed by atoms with E-state index in [1.807, 2.05) is 33.3 Å². The van der Waals surface area contributed by atoms with Crippen LogP contribution < -0.4 is 10.2 Å². The summed E-state index contributed by atoms with van der Waals surface area (Å²) in [6.45, 7) is 6.69. The topological polar surface area (TPSA) is 114 Å². The molecule has 0 bridgehead atoms. The van der Waals surface area contributed by atoms with Crippen LogP contribution in [0.15, 0.2) is 60.8 Å². The first-order valence-electron chi connectivity index (χ1n) is 28.1. The molecule has 396 valence electrons. The molecule has 0 saturated heterocycles. The molecule has 0 aliphatic heterocycles. The molecule has 3 atom stereocenters. The fraction of sp³-hybridized carbons (Fsp3) is 0.793. The molecule has 0 aliphatic rings. The molecule has 9 nitrogen and oxygen atoms in total. The Hall–Kier alpha value is -2.29. The van der Waals surface area contributed by atoms with Gasteiger partial charge in [-0.2, -0.15) is 0 Å². The van der Waals surface area contributed by atoms with Gasteiger partial charge >= 0.3 is 5.97 Å². The zero-order valence-electron chi connectivity index (χ0n) is 45.1. The molecule has 1 N–H and O–H groups in total. The Balaban J connectivity index is 5.43. The van der Waals surface area contributed by atoms with Gasteiger partial charge in [0.25, 0.3) is 7.82 Å². The molecule has 0 spiro atoms. The summed E-state index contributed by atoms with van der Waals surface area (Å²) >= 11 is 0. The van der Waals surface area contributed by atoms with E-state index in [2.05, 4.69) is 74.7 Å². The molecule has 3 unspecified atom stereocenters. The number of hydrogen-bond acceptors (Lipinski definition) is 7. The van der Waals surface area contributed by atoms with Gasteiger partial charge in [-0.25, -0.2) is 0 Å². The van der Waals surface area contributed by atoms with Crippen molar-refractivity contribution in [2.45, 2.75) is 258 Å². The van der Waals surface area contributed by atoms with Gasteiger partial charge in [0.15, 0.2) is 0 Å². The number of carbonyl (C=O) groups excluding carboxylic acids is 2. The van der Waals surface area contributed by atoms with Gasteiger partial charge in [-0.3, -0.25) is 14.2 Å². The van der Waals surface area contributed by atoms with Crippen LogP contribution >= 0.6 is 7.82 Å². The fourth-order valence-electron chi connectivity index (χ4n) is 7.87. The summed E-state index contributed by atoms with van der Waals surface area (Å²) in [5.74, 6) is -0.573. The number of allylic oxidation sites excluding steroid dienone is 9. The molecular weight excluding hydrogens is 868 g/mol. The van der Waals surface area contributed by atoms with E-state index in [0.29, 0.717) is 30.3 Å². The highest BCUT2D eigenvalue weighted by Gasteiger charge is 2.27. The van der Waals surface area contributed by atoms with Crippen molar-refractivity contribution >= 4 is 19.7 Å². The van der Waals surface area contributed by atoms with Crippen molar-refractivity contribution in [3.05, 3.63) is 60.8 Å². The predicted octanol–water partition coefficient (Wildman–Crippen LogP) is 16.1. The zero-order valence-corrected chi connectivity index (χ0v) is 45.9. The minimum atomic E-state index is -4.70. The molecule has 10 heteroatoms. The van der Waals surface area contributed by atoms with Crippen LogP contribution in [-0.2, 0) is 27.9 Å². The van der Waals surface area contributed by atoms with Gasteiger partial charge in [0.1, 0.15) is 19.3 Å². The van der Waals surface area contributed by atoms with Crippen LogP contribution in [0.5, 0.6) is 0 Å². The first-order valence-corrected chi connectivity index (χ1v) is 29.6. The molecular formula is C58H107N2O7P. The van der Waals surface area contributed by atoms with Crippen LogP contribution in [0.3, 0.4) is 0 Å². The minimum Gasteiger partial charge on any atom is -0.756 e. The van der Waals surface area contributed by atoms with Gasteiger partial charge in [-0.15, -0.1) is 0 Å². The molecule has 1 amide bonds. The summed E-state index contributed by atoms with van der Waals surface area (Å²) in [7, 11) is 1.16. The largest absolute Gasteiger partial charge is 0.756 e. The van der Waals surface area contributed by atoms with Gasteiger partial charge in [-0.1, -0.05) is 217 Å². The Morgan fingerprint density at radius 2 is 0.956 bits per heavy atom. The first kappa shape index (κ1) is 65.7. The number of esters is 1. The van der Waals surface area contributed by atoms with Crippen molar-refractivity contribution in [1.82, 2.24) is 5.32 Å². The molecule has 0 saturated carbocycles. The van der Waals surface area contributed by atoms with Gasteiger partial charge < -0.3 is 28.5 Å². The monoisotopic (exact) mass is 975 g/mol. The third kappa shape index (κ3) is 48.7. The second kappa shape index (κ2) is 48.3. The summed E-state index contributed by atoms with van der Waals surface area (Å²) in [6.07, 6.45) is 58.9. The second-order valence-electron chi connectivity index (χ2n) is 20.1. The third-order valence-electron chi connectivity index (χ3n) is 12.2. The van der Waals surface area contributed by atoms with E-state index in [-0.39, 0.29) is 24.9 Å². The van der Waals surface area contributed by atoms with E-state index in [1.165, 1.54) is 122 Å². The molecule has 0 heterocycles. The average Bonchev–Trinajstić information content (AvgIpc) is 3.29. The lowest BCUT2D eigenvalue weighted by molar-refractivity contribution is -0.870. The molecule has 68 heavy (non-hydrogen) atoms. The van der Waals surface area contributed by atoms with Crippen molar-refractivity contribution in [2.24, 2.45) is 0 Å². The summed E-state index contributed by atoms with van der Waals surface area (Å²) < 4.78 is 30.2. The Morgan fingerprint density at radius 3 is 1.46 bits per heavy atom. The minimum absolute atomic E-state index is 0.0283. The Bertz CT molecular complexity index is 1350. The third-order valence-corrected chi connectivity index (χ3v) is 13.2. The van der Waals surface area contributed by atoms with Crippen LogP contribution in [0, 0.1) is 0 Å². The molecule has 0 fully saturated rings. The number of carbonyl (C=O) groups is 2. The number of hydrogen-bond donors (Lipinski definition) is 1. The van der Waals surface area contributed by atoms with E-state index in [9.17, 15) is 19.0 Å². The van der Waals surface area contributed by atoms with Crippen LogP contribution in [0.25, 0.3) is 0 Å². The quantitative estimate of drug-likeness (QED) is 0.0161. The highest BCUT2D eigenvalue weighted by atomic mass is 31.2. The number of likely N-dealkylation sites (N-methyl/N-ethyl adjacent to an activating group) is 1. The summed E-state index contributed by atoms with van der Waals surface area (Å²) in [4.78, 5) is 39.8. The Kier molecular flexibility index (Phi) is 46.7. The van der Waals surface area contributed by atoms with Crippen LogP contribution in [0.1, 0.15) is 245 Å². The van der Waals surface area contributed by atoms with E-state index in [0.717, 1.165) is 77.0 Å². The number of rotatable bonds is 50. The molecule has 0 aromatic carbocycles. The second-order valence-corrected chi connectivity index (χ2v) is 21.5. The van der Waals surface area contributed by atoms with Crippen molar-refractivity contribution in [1.29, 1.82) is 0 Å². The molecule has 0 aromatic rings. The molecule has 0 aromatic heterocycles. The maximum absolute atomic E-state index is 13.5. The number of unbranched alkanes of at least 4 members (excludes halogenated alkanes) is 28. The number of ether oxygens (including phenoxy) is 1.